The van der Waals surface area contributed by atoms with Crippen molar-refractivity contribution < 1.29 is 9.53 Å². The zero-order chi connectivity index (χ0) is 18.2. The highest BCUT2D eigenvalue weighted by molar-refractivity contribution is 5.89. The van der Waals surface area contributed by atoms with Crippen LogP contribution in [0.2, 0.25) is 0 Å². The predicted octanol–water partition coefficient (Wildman–Crippen LogP) is 3.65. The van der Waals surface area contributed by atoms with Crippen LogP contribution in [0.3, 0.4) is 0 Å². The van der Waals surface area contributed by atoms with E-state index in [0.29, 0.717) is 18.2 Å². The molecule has 0 unspecified atom stereocenters. The first kappa shape index (κ1) is 17.4. The summed E-state index contributed by atoms with van der Waals surface area (Å²) in [5, 5.41) is 11.0. The van der Waals surface area contributed by atoms with Gasteiger partial charge in [-0.05, 0) is 36.4 Å². The van der Waals surface area contributed by atoms with Crippen LogP contribution in [0, 0.1) is 0 Å². The Morgan fingerprint density at radius 3 is 2.31 bits per heavy atom. The fraction of sp³-hybridized carbons (Fsp3) is 0.150. The number of hydrogen-bond acceptors (Lipinski definition) is 5. The van der Waals surface area contributed by atoms with E-state index in [0.717, 1.165) is 11.4 Å². The molecule has 0 radical (unpaired) electrons. The number of rotatable bonds is 7. The Bertz CT molecular complexity index is 823. The Labute approximate surface area is 152 Å². The van der Waals surface area contributed by atoms with Crippen molar-refractivity contribution in [1.29, 1.82) is 0 Å². The van der Waals surface area contributed by atoms with E-state index in [1.165, 1.54) is 0 Å². The Balaban J connectivity index is 1.50. The molecule has 0 aliphatic heterocycles. The average Bonchev–Trinajstić information content (AvgIpc) is 2.69. The van der Waals surface area contributed by atoms with E-state index in [9.17, 15) is 4.79 Å². The molecule has 0 bridgehead atoms. The first-order valence-electron chi connectivity index (χ1n) is 8.32. The lowest BCUT2D eigenvalue weighted by atomic mass is 10.3. The summed E-state index contributed by atoms with van der Waals surface area (Å²) in [6.07, 6.45) is 0.238. The number of aromatic nitrogens is 2. The minimum absolute atomic E-state index is 0.167. The van der Waals surface area contributed by atoms with Crippen molar-refractivity contribution in [2.75, 3.05) is 23.9 Å². The van der Waals surface area contributed by atoms with Gasteiger partial charge >= 0.3 is 0 Å². The summed E-state index contributed by atoms with van der Waals surface area (Å²) in [5.74, 6) is 1.69. The third kappa shape index (κ3) is 4.80. The number of nitrogens with one attached hydrogen (secondary N) is 1. The Hall–Kier alpha value is -3.41. The molecule has 6 nitrogen and oxygen atoms in total. The van der Waals surface area contributed by atoms with E-state index in [1.807, 2.05) is 78.7 Å². The normalized spacial score (nSPS) is 10.2. The Morgan fingerprint density at radius 2 is 1.65 bits per heavy atom. The molecule has 0 saturated heterocycles. The van der Waals surface area contributed by atoms with Crippen molar-refractivity contribution in [3.05, 3.63) is 72.8 Å². The second-order valence-electron chi connectivity index (χ2n) is 5.63. The van der Waals surface area contributed by atoms with Crippen LogP contribution in [0.15, 0.2) is 72.8 Å². The first-order chi connectivity index (χ1) is 12.7. The van der Waals surface area contributed by atoms with Gasteiger partial charge in [0.05, 0.1) is 13.0 Å². The lowest BCUT2D eigenvalue weighted by molar-refractivity contribution is -0.116. The van der Waals surface area contributed by atoms with Gasteiger partial charge in [0.2, 0.25) is 5.91 Å². The predicted molar refractivity (Wildman–Crippen MR) is 102 cm³/mol. The van der Waals surface area contributed by atoms with Crippen LogP contribution in [0.25, 0.3) is 0 Å². The van der Waals surface area contributed by atoms with E-state index >= 15 is 0 Å². The molecule has 132 valence electrons. The molecule has 0 saturated carbocycles. The van der Waals surface area contributed by atoms with Crippen molar-refractivity contribution in [3.8, 4) is 5.75 Å². The van der Waals surface area contributed by atoms with Crippen LogP contribution in [0.1, 0.15) is 6.42 Å². The molecule has 2 aromatic carbocycles. The Morgan fingerprint density at radius 1 is 0.962 bits per heavy atom. The monoisotopic (exact) mass is 348 g/mol. The first-order valence-corrected chi connectivity index (χ1v) is 8.32. The largest absolute Gasteiger partial charge is 0.493 e. The molecule has 1 heterocycles. The van der Waals surface area contributed by atoms with E-state index in [2.05, 4.69) is 15.5 Å². The second kappa shape index (κ2) is 8.62. The molecule has 1 N–H and O–H groups in total. The summed E-state index contributed by atoms with van der Waals surface area (Å²) in [6, 6.07) is 22.8. The number of benzene rings is 2. The number of para-hydroxylation sites is 2. The van der Waals surface area contributed by atoms with Crippen LogP contribution in [-0.4, -0.2) is 29.8 Å². The van der Waals surface area contributed by atoms with Gasteiger partial charge in [-0.15, -0.1) is 10.2 Å². The minimum Gasteiger partial charge on any atom is -0.493 e. The fourth-order valence-electron chi connectivity index (χ4n) is 2.34. The van der Waals surface area contributed by atoms with Gasteiger partial charge < -0.3 is 15.0 Å². The molecular weight excluding hydrogens is 328 g/mol. The zero-order valence-corrected chi connectivity index (χ0v) is 14.5. The lowest BCUT2D eigenvalue weighted by Gasteiger charge is -2.17. The number of carbonyl (C=O) groups is 1. The van der Waals surface area contributed by atoms with Crippen molar-refractivity contribution in [1.82, 2.24) is 10.2 Å². The average molecular weight is 348 g/mol. The van der Waals surface area contributed by atoms with Crippen LogP contribution in [0.4, 0.5) is 17.3 Å². The molecule has 0 aliphatic carbocycles. The Kier molecular flexibility index (Phi) is 5.77. The van der Waals surface area contributed by atoms with Crippen LogP contribution < -0.4 is 15.0 Å². The zero-order valence-electron chi connectivity index (χ0n) is 14.5. The van der Waals surface area contributed by atoms with Crippen LogP contribution in [-0.2, 0) is 4.79 Å². The second-order valence-corrected chi connectivity index (χ2v) is 5.63. The minimum atomic E-state index is -0.167. The SMILES string of the molecule is CN(c1ccccc1)c1ccc(NC(=O)CCOc2ccccc2)nn1. The standard InChI is InChI=1S/C20H20N4O2/c1-24(16-8-4-2-5-9-16)19-13-12-18(22-23-19)21-20(25)14-15-26-17-10-6-3-7-11-17/h2-13H,14-15H2,1H3,(H,21,22,25). The highest BCUT2D eigenvalue weighted by Gasteiger charge is 2.08. The van der Waals surface area contributed by atoms with E-state index in [-0.39, 0.29) is 12.3 Å². The maximum absolute atomic E-state index is 12.0. The molecule has 26 heavy (non-hydrogen) atoms. The summed E-state index contributed by atoms with van der Waals surface area (Å²) in [5.41, 5.74) is 1.01. The van der Waals surface area contributed by atoms with Gasteiger partial charge in [0.25, 0.3) is 0 Å². The number of anilines is 3. The summed E-state index contributed by atoms with van der Waals surface area (Å²) in [7, 11) is 1.92. The van der Waals surface area contributed by atoms with E-state index in [1.54, 1.807) is 6.07 Å². The highest BCUT2D eigenvalue weighted by Crippen LogP contribution is 2.20. The summed E-state index contributed by atoms with van der Waals surface area (Å²) in [6.45, 7) is 0.304. The van der Waals surface area contributed by atoms with Gasteiger partial charge in [-0.2, -0.15) is 0 Å². The number of hydrogen-bond donors (Lipinski definition) is 1. The molecule has 3 rings (SSSR count). The van der Waals surface area contributed by atoms with Crippen LogP contribution in [0.5, 0.6) is 5.75 Å². The van der Waals surface area contributed by atoms with Crippen molar-refractivity contribution in [2.24, 2.45) is 0 Å². The summed E-state index contributed by atoms with van der Waals surface area (Å²) >= 11 is 0. The van der Waals surface area contributed by atoms with Gasteiger partial charge in [0.15, 0.2) is 11.6 Å². The smallest absolute Gasteiger partial charge is 0.229 e. The molecule has 0 spiro atoms. The molecule has 3 aromatic rings. The maximum Gasteiger partial charge on any atom is 0.229 e. The highest BCUT2D eigenvalue weighted by atomic mass is 16.5. The third-order valence-electron chi connectivity index (χ3n) is 3.75. The van der Waals surface area contributed by atoms with Crippen molar-refractivity contribution >= 4 is 23.2 Å². The summed E-state index contributed by atoms with van der Waals surface area (Å²) in [4.78, 5) is 13.9. The maximum atomic E-state index is 12.0. The van der Waals surface area contributed by atoms with Crippen molar-refractivity contribution in [3.63, 3.8) is 0 Å². The van der Waals surface area contributed by atoms with Gasteiger partial charge in [-0.25, -0.2) is 0 Å². The number of ether oxygens (including phenoxy) is 1. The molecule has 6 heteroatoms. The fourth-order valence-corrected chi connectivity index (χ4v) is 2.34. The van der Waals surface area contributed by atoms with Gasteiger partial charge in [-0.3, -0.25) is 4.79 Å². The van der Waals surface area contributed by atoms with E-state index in [4.69, 9.17) is 4.74 Å². The van der Waals surface area contributed by atoms with Crippen molar-refractivity contribution in [2.45, 2.75) is 6.42 Å². The molecule has 0 fully saturated rings. The molecule has 0 atom stereocenters. The molecule has 1 amide bonds. The lowest BCUT2D eigenvalue weighted by Crippen LogP contribution is -2.17. The van der Waals surface area contributed by atoms with E-state index < -0.39 is 0 Å². The molecule has 1 aromatic heterocycles. The van der Waals surface area contributed by atoms with Crippen LogP contribution >= 0.6 is 0 Å². The molecule has 0 aliphatic rings. The number of carbonyl (C=O) groups excluding carboxylic acids is 1. The third-order valence-corrected chi connectivity index (χ3v) is 3.75. The van der Waals surface area contributed by atoms with Gasteiger partial charge in [-0.1, -0.05) is 36.4 Å². The number of nitrogens with zero attached hydrogens (tertiary/aromatic N) is 3. The van der Waals surface area contributed by atoms with Gasteiger partial charge in [0.1, 0.15) is 5.75 Å². The topological polar surface area (TPSA) is 67.4 Å². The quantitative estimate of drug-likeness (QED) is 0.706. The number of amides is 1. The van der Waals surface area contributed by atoms with Gasteiger partial charge in [0, 0.05) is 12.7 Å². The summed E-state index contributed by atoms with van der Waals surface area (Å²) < 4.78 is 5.51. The molecular formula is C20H20N4O2.